The summed E-state index contributed by atoms with van der Waals surface area (Å²) in [5, 5.41) is 3.27. The van der Waals surface area contributed by atoms with Gasteiger partial charge in [-0.2, -0.15) is 0 Å². The van der Waals surface area contributed by atoms with Gasteiger partial charge in [0.2, 0.25) is 0 Å². The summed E-state index contributed by atoms with van der Waals surface area (Å²) in [5.74, 6) is -0.480. The highest BCUT2D eigenvalue weighted by Gasteiger charge is 2.18. The number of carbonyl (C=O) groups is 2. The number of rotatable bonds is 7. The average molecular weight is 397 g/mol. The molecule has 0 saturated heterocycles. The van der Waals surface area contributed by atoms with E-state index in [4.69, 9.17) is 32.7 Å². The van der Waals surface area contributed by atoms with Crippen LogP contribution in [0.15, 0.2) is 30.3 Å². The van der Waals surface area contributed by atoms with E-state index in [0.717, 1.165) is 0 Å². The van der Waals surface area contributed by atoms with Crippen LogP contribution >= 0.6 is 23.2 Å². The number of esters is 1. The maximum Gasteiger partial charge on any atom is 0.342 e. The van der Waals surface area contributed by atoms with Gasteiger partial charge in [-0.15, -0.1) is 0 Å². The SMILES string of the molecule is Cc1cc(C)c(C(=O)OCC(=O)NCCOc2ccc(Cl)cc2)c(Cl)n1. The van der Waals surface area contributed by atoms with E-state index in [-0.39, 0.29) is 23.9 Å². The fourth-order valence-electron chi connectivity index (χ4n) is 2.18. The molecule has 6 nitrogen and oxygen atoms in total. The summed E-state index contributed by atoms with van der Waals surface area (Å²) in [7, 11) is 0. The number of aryl methyl sites for hydroxylation is 2. The van der Waals surface area contributed by atoms with Crippen LogP contribution in [-0.2, 0) is 9.53 Å². The number of hydrogen-bond acceptors (Lipinski definition) is 5. The van der Waals surface area contributed by atoms with Crippen molar-refractivity contribution in [3.63, 3.8) is 0 Å². The summed E-state index contributed by atoms with van der Waals surface area (Å²) in [6.07, 6.45) is 0. The third-order valence-electron chi connectivity index (χ3n) is 3.35. The first-order chi connectivity index (χ1) is 12.4. The monoisotopic (exact) mass is 396 g/mol. The number of aromatic nitrogens is 1. The lowest BCUT2D eigenvalue weighted by atomic mass is 10.1. The quantitative estimate of drug-likeness (QED) is 0.441. The lowest BCUT2D eigenvalue weighted by Crippen LogP contribution is -2.32. The molecule has 1 aromatic carbocycles. The molecule has 1 aromatic heterocycles. The van der Waals surface area contributed by atoms with E-state index in [1.807, 2.05) is 0 Å². The summed E-state index contributed by atoms with van der Waals surface area (Å²) in [4.78, 5) is 27.8. The molecule has 0 atom stereocenters. The van der Waals surface area contributed by atoms with Crippen molar-refractivity contribution < 1.29 is 19.1 Å². The van der Waals surface area contributed by atoms with Crippen LogP contribution in [0, 0.1) is 13.8 Å². The topological polar surface area (TPSA) is 77.5 Å². The minimum atomic E-state index is -0.687. The van der Waals surface area contributed by atoms with Crippen LogP contribution < -0.4 is 10.1 Å². The normalized spacial score (nSPS) is 10.3. The molecule has 8 heteroatoms. The summed E-state index contributed by atoms with van der Waals surface area (Å²) in [5.41, 5.74) is 1.50. The van der Waals surface area contributed by atoms with Gasteiger partial charge in [-0.25, -0.2) is 9.78 Å². The van der Waals surface area contributed by atoms with E-state index in [9.17, 15) is 9.59 Å². The summed E-state index contributed by atoms with van der Waals surface area (Å²) in [6, 6.07) is 8.60. The van der Waals surface area contributed by atoms with E-state index < -0.39 is 18.5 Å². The maximum absolute atomic E-state index is 12.1. The highest BCUT2D eigenvalue weighted by atomic mass is 35.5. The molecular formula is C18H18Cl2N2O4. The van der Waals surface area contributed by atoms with Crippen LogP contribution in [0.2, 0.25) is 10.2 Å². The van der Waals surface area contributed by atoms with Gasteiger partial charge in [0.05, 0.1) is 12.1 Å². The minimum Gasteiger partial charge on any atom is -0.492 e. The molecule has 1 N–H and O–H groups in total. The Kier molecular flexibility index (Phi) is 7.24. The first kappa shape index (κ1) is 20.0. The van der Waals surface area contributed by atoms with Gasteiger partial charge >= 0.3 is 5.97 Å². The summed E-state index contributed by atoms with van der Waals surface area (Å²) < 4.78 is 10.4. The molecule has 0 aliphatic rings. The zero-order valence-corrected chi connectivity index (χ0v) is 15.9. The molecule has 0 bridgehead atoms. The van der Waals surface area contributed by atoms with Crippen LogP contribution in [0.4, 0.5) is 0 Å². The first-order valence-corrected chi connectivity index (χ1v) is 8.58. The number of benzene rings is 1. The molecule has 138 valence electrons. The van der Waals surface area contributed by atoms with Crippen LogP contribution in [0.5, 0.6) is 5.75 Å². The van der Waals surface area contributed by atoms with Crippen molar-refractivity contribution in [3.8, 4) is 5.75 Å². The second kappa shape index (κ2) is 9.40. The van der Waals surface area contributed by atoms with Gasteiger partial charge in [-0.1, -0.05) is 23.2 Å². The smallest absolute Gasteiger partial charge is 0.342 e. The number of ether oxygens (including phenoxy) is 2. The van der Waals surface area contributed by atoms with Crippen molar-refractivity contribution in [3.05, 3.63) is 57.3 Å². The lowest BCUT2D eigenvalue weighted by molar-refractivity contribution is -0.124. The Hall–Kier alpha value is -2.31. The molecule has 0 aliphatic carbocycles. The van der Waals surface area contributed by atoms with E-state index in [1.165, 1.54) is 0 Å². The second-order valence-electron chi connectivity index (χ2n) is 5.47. The van der Waals surface area contributed by atoms with Crippen molar-refractivity contribution in [2.45, 2.75) is 13.8 Å². The minimum absolute atomic E-state index is 0.0595. The predicted molar refractivity (Wildman–Crippen MR) is 99.0 cm³/mol. The third kappa shape index (κ3) is 5.89. The molecule has 0 saturated carbocycles. The van der Waals surface area contributed by atoms with Gasteiger partial charge in [0.15, 0.2) is 6.61 Å². The Morgan fingerprint density at radius 3 is 2.50 bits per heavy atom. The van der Waals surface area contributed by atoms with Crippen LogP contribution in [0.3, 0.4) is 0 Å². The molecule has 0 spiro atoms. The van der Waals surface area contributed by atoms with Gasteiger partial charge < -0.3 is 14.8 Å². The second-order valence-corrected chi connectivity index (χ2v) is 6.27. The molecule has 0 radical (unpaired) electrons. The molecule has 0 unspecified atom stereocenters. The standard InChI is InChI=1S/C18H18Cl2N2O4/c1-11-9-12(2)22-17(20)16(11)18(24)26-10-15(23)21-7-8-25-14-5-3-13(19)4-6-14/h3-6,9H,7-8,10H2,1-2H3,(H,21,23). The Morgan fingerprint density at radius 2 is 1.85 bits per heavy atom. The largest absolute Gasteiger partial charge is 0.492 e. The Morgan fingerprint density at radius 1 is 1.15 bits per heavy atom. The van der Waals surface area contributed by atoms with Crippen molar-refractivity contribution >= 4 is 35.1 Å². The van der Waals surface area contributed by atoms with Gasteiger partial charge in [-0.3, -0.25) is 4.79 Å². The molecule has 0 fully saturated rings. The maximum atomic E-state index is 12.1. The van der Waals surface area contributed by atoms with Crippen molar-refractivity contribution in [1.29, 1.82) is 0 Å². The fourth-order valence-corrected chi connectivity index (χ4v) is 2.67. The Labute approximate surface area is 161 Å². The first-order valence-electron chi connectivity index (χ1n) is 7.82. The lowest BCUT2D eigenvalue weighted by Gasteiger charge is -2.10. The number of carbonyl (C=O) groups excluding carboxylic acids is 2. The fraction of sp³-hybridized carbons (Fsp3) is 0.278. The number of nitrogens with one attached hydrogen (secondary N) is 1. The predicted octanol–water partition coefficient (Wildman–Crippen LogP) is 3.36. The van der Waals surface area contributed by atoms with Crippen molar-refractivity contribution in [1.82, 2.24) is 10.3 Å². The van der Waals surface area contributed by atoms with E-state index in [0.29, 0.717) is 22.0 Å². The van der Waals surface area contributed by atoms with Gasteiger partial charge in [0.25, 0.3) is 5.91 Å². The molecule has 1 amide bonds. The molecule has 26 heavy (non-hydrogen) atoms. The Bertz CT molecular complexity index is 771. The molecular weight excluding hydrogens is 379 g/mol. The van der Waals surface area contributed by atoms with Gasteiger partial charge in [0.1, 0.15) is 17.5 Å². The number of halogens is 2. The van der Waals surface area contributed by atoms with Crippen molar-refractivity contribution in [2.75, 3.05) is 19.8 Å². The number of nitrogens with zero attached hydrogens (tertiary/aromatic N) is 1. The highest BCUT2D eigenvalue weighted by molar-refractivity contribution is 6.32. The van der Waals surface area contributed by atoms with Crippen LogP contribution in [-0.4, -0.2) is 36.6 Å². The molecule has 2 rings (SSSR count). The summed E-state index contributed by atoms with van der Waals surface area (Å²) in [6.45, 7) is 3.63. The highest BCUT2D eigenvalue weighted by Crippen LogP contribution is 2.19. The van der Waals surface area contributed by atoms with E-state index in [1.54, 1.807) is 44.2 Å². The average Bonchev–Trinajstić information content (AvgIpc) is 2.57. The Balaban J connectivity index is 1.73. The molecule has 2 aromatic rings. The van der Waals surface area contributed by atoms with Crippen molar-refractivity contribution in [2.24, 2.45) is 0 Å². The zero-order valence-electron chi connectivity index (χ0n) is 14.3. The number of amides is 1. The molecule has 1 heterocycles. The number of pyridine rings is 1. The number of hydrogen-bond donors (Lipinski definition) is 1. The van der Waals surface area contributed by atoms with Crippen LogP contribution in [0.25, 0.3) is 0 Å². The zero-order chi connectivity index (χ0) is 19.1. The van der Waals surface area contributed by atoms with Crippen LogP contribution in [0.1, 0.15) is 21.6 Å². The molecule has 0 aliphatic heterocycles. The third-order valence-corrected chi connectivity index (χ3v) is 3.87. The summed E-state index contributed by atoms with van der Waals surface area (Å²) >= 11 is 11.8. The van der Waals surface area contributed by atoms with Gasteiger partial charge in [-0.05, 0) is 49.7 Å². The van der Waals surface area contributed by atoms with E-state index >= 15 is 0 Å². The van der Waals surface area contributed by atoms with E-state index in [2.05, 4.69) is 10.3 Å². The van der Waals surface area contributed by atoms with Gasteiger partial charge in [0, 0.05) is 10.7 Å².